The molecule has 0 atom stereocenters. The molecule has 0 bridgehead atoms. The van der Waals surface area contributed by atoms with Crippen LogP contribution in [0.25, 0.3) is 88.2 Å². The average molecular weight is 638 g/mol. The first kappa shape index (κ1) is 27.2. The number of nitrogens with zero attached hydrogens (tertiary/aromatic N) is 3. The molecule has 2 aromatic heterocycles. The molecule has 0 saturated heterocycles. The van der Waals surface area contributed by atoms with Crippen molar-refractivity contribution in [1.82, 2.24) is 9.97 Å². The van der Waals surface area contributed by atoms with E-state index in [0.717, 1.165) is 72.5 Å². The number of furan rings is 1. The van der Waals surface area contributed by atoms with Crippen LogP contribution in [0.5, 0.6) is 0 Å². The second-order valence-corrected chi connectivity index (χ2v) is 12.9. The minimum absolute atomic E-state index is 0.787. The van der Waals surface area contributed by atoms with Crippen LogP contribution >= 0.6 is 0 Å². The molecule has 8 aromatic carbocycles. The minimum atomic E-state index is 0.787. The number of anilines is 3. The number of benzene rings is 8. The van der Waals surface area contributed by atoms with E-state index in [2.05, 4.69) is 132 Å². The van der Waals surface area contributed by atoms with Crippen molar-refractivity contribution >= 4 is 71.6 Å². The third-order valence-electron chi connectivity index (χ3n) is 10.1. The maximum absolute atomic E-state index is 6.57. The monoisotopic (exact) mass is 637 g/mol. The minimum Gasteiger partial charge on any atom is -0.455 e. The molecule has 1 aliphatic heterocycles. The number of fused-ring (bicyclic) bond motifs is 7. The van der Waals surface area contributed by atoms with Crippen molar-refractivity contribution in [3.63, 3.8) is 0 Å². The van der Waals surface area contributed by atoms with Gasteiger partial charge in [0.1, 0.15) is 16.9 Å². The Kier molecular flexibility index (Phi) is 5.63. The third kappa shape index (κ3) is 3.87. The molecule has 1 aliphatic rings. The lowest BCUT2D eigenvalue weighted by Gasteiger charge is -2.35. The van der Waals surface area contributed by atoms with E-state index in [1.165, 1.54) is 32.7 Å². The molecule has 0 unspecified atom stereocenters. The lowest BCUT2D eigenvalue weighted by atomic mass is 9.88. The molecule has 50 heavy (non-hydrogen) atoms. The Morgan fingerprint density at radius 1 is 0.400 bits per heavy atom. The molecule has 232 valence electrons. The Morgan fingerprint density at radius 2 is 0.980 bits per heavy atom. The Morgan fingerprint density at radius 3 is 1.84 bits per heavy atom. The molecule has 0 amide bonds. The van der Waals surface area contributed by atoms with Crippen LogP contribution in [0.4, 0.5) is 17.1 Å². The van der Waals surface area contributed by atoms with Crippen molar-refractivity contribution < 1.29 is 4.42 Å². The number of para-hydroxylation sites is 5. The van der Waals surface area contributed by atoms with Gasteiger partial charge in [0.25, 0.3) is 0 Å². The molecule has 0 spiro atoms. The van der Waals surface area contributed by atoms with Crippen molar-refractivity contribution in [2.45, 2.75) is 0 Å². The summed E-state index contributed by atoms with van der Waals surface area (Å²) in [6, 6.07) is 57.8. The van der Waals surface area contributed by atoms with Gasteiger partial charge in [-0.3, -0.25) is 0 Å². The number of rotatable bonds is 3. The molecular formula is C46H27N3O. The van der Waals surface area contributed by atoms with Crippen LogP contribution in [0, 0.1) is 0 Å². The number of aromatic nitrogens is 2. The van der Waals surface area contributed by atoms with E-state index in [-0.39, 0.29) is 0 Å². The van der Waals surface area contributed by atoms with Gasteiger partial charge in [0.15, 0.2) is 0 Å². The van der Waals surface area contributed by atoms with Crippen molar-refractivity contribution in [3.05, 3.63) is 164 Å². The summed E-state index contributed by atoms with van der Waals surface area (Å²) in [5.41, 5.74) is 12.6. The Balaban J connectivity index is 1.24. The molecule has 4 nitrogen and oxygen atoms in total. The maximum Gasteiger partial charge on any atom is 0.144 e. The maximum atomic E-state index is 6.57. The predicted octanol–water partition coefficient (Wildman–Crippen LogP) is 12.6. The lowest BCUT2D eigenvalue weighted by molar-refractivity contribution is 0.670. The summed E-state index contributed by atoms with van der Waals surface area (Å²) >= 11 is 0. The summed E-state index contributed by atoms with van der Waals surface area (Å²) in [6.07, 6.45) is 0. The highest BCUT2D eigenvalue weighted by atomic mass is 16.3. The third-order valence-corrected chi connectivity index (χ3v) is 10.1. The fraction of sp³-hybridized carbons (Fsp3) is 0. The topological polar surface area (TPSA) is 42.2 Å². The largest absolute Gasteiger partial charge is 0.455 e. The van der Waals surface area contributed by atoms with E-state index in [9.17, 15) is 0 Å². The van der Waals surface area contributed by atoms with E-state index >= 15 is 0 Å². The van der Waals surface area contributed by atoms with Gasteiger partial charge in [-0.25, -0.2) is 9.97 Å². The highest BCUT2D eigenvalue weighted by Crippen LogP contribution is 2.54. The molecule has 3 heterocycles. The van der Waals surface area contributed by atoms with Crippen molar-refractivity contribution in [3.8, 4) is 33.6 Å². The molecule has 0 saturated carbocycles. The number of hydrogen-bond donors (Lipinski definition) is 0. The Labute approximate surface area is 287 Å². The van der Waals surface area contributed by atoms with Crippen LogP contribution in [0.3, 0.4) is 0 Å². The highest BCUT2D eigenvalue weighted by Gasteiger charge is 2.29. The van der Waals surface area contributed by atoms with Gasteiger partial charge in [-0.2, -0.15) is 0 Å². The van der Waals surface area contributed by atoms with Crippen LogP contribution < -0.4 is 4.90 Å². The molecule has 4 heteroatoms. The summed E-state index contributed by atoms with van der Waals surface area (Å²) < 4.78 is 6.57. The van der Waals surface area contributed by atoms with Crippen molar-refractivity contribution in [1.29, 1.82) is 0 Å². The zero-order valence-electron chi connectivity index (χ0n) is 26.8. The van der Waals surface area contributed by atoms with E-state index in [4.69, 9.17) is 14.4 Å². The van der Waals surface area contributed by atoms with Crippen LogP contribution in [0.2, 0.25) is 0 Å². The summed E-state index contributed by atoms with van der Waals surface area (Å²) in [6.45, 7) is 0. The van der Waals surface area contributed by atoms with Crippen LogP contribution in [-0.2, 0) is 0 Å². The van der Waals surface area contributed by atoms with Gasteiger partial charge in [-0.05, 0) is 70.3 Å². The first-order valence-electron chi connectivity index (χ1n) is 16.9. The normalized spacial score (nSPS) is 12.4. The van der Waals surface area contributed by atoms with Crippen molar-refractivity contribution in [2.24, 2.45) is 0 Å². The molecule has 10 aromatic rings. The fourth-order valence-electron chi connectivity index (χ4n) is 7.93. The molecule has 0 fully saturated rings. The highest BCUT2D eigenvalue weighted by molar-refractivity contribution is 6.17. The SMILES string of the molecule is c1ccc(N2c3cc4ccccc4cc3-c3cccc4cccc2c34)c(-c2nc3ccccc3nc2-c2cccc3c2oc2ccccc23)c1. The zero-order chi connectivity index (χ0) is 32.8. The molecule has 11 rings (SSSR count). The van der Waals surface area contributed by atoms with E-state index in [1.54, 1.807) is 0 Å². The summed E-state index contributed by atoms with van der Waals surface area (Å²) in [4.78, 5) is 13.2. The van der Waals surface area contributed by atoms with E-state index in [0.29, 0.717) is 0 Å². The van der Waals surface area contributed by atoms with Gasteiger partial charge >= 0.3 is 0 Å². The lowest BCUT2D eigenvalue weighted by Crippen LogP contribution is -2.16. The van der Waals surface area contributed by atoms with Gasteiger partial charge in [0.05, 0.1) is 33.8 Å². The van der Waals surface area contributed by atoms with Gasteiger partial charge in [-0.15, -0.1) is 0 Å². The smallest absolute Gasteiger partial charge is 0.144 e. The standard InChI is InChI=1S/C46H27N3O/c1-2-13-30-27-41-36(26-29(30)12-1)32-18-9-14-28-15-10-24-40(43(28)32)49(41)39-23-7-3-17-34(39)44-45(48-38-22-6-5-21-37(38)47-44)35-20-11-19-33-31-16-4-8-25-42(31)50-46(33)35/h1-27H. The van der Waals surface area contributed by atoms with Gasteiger partial charge in [0, 0.05) is 32.8 Å². The second-order valence-electron chi connectivity index (χ2n) is 12.9. The molecule has 0 N–H and O–H groups in total. The quantitative estimate of drug-likeness (QED) is 0.193. The predicted molar refractivity (Wildman–Crippen MR) is 206 cm³/mol. The summed E-state index contributed by atoms with van der Waals surface area (Å²) in [5.74, 6) is 0. The van der Waals surface area contributed by atoms with E-state index in [1.807, 2.05) is 36.4 Å². The van der Waals surface area contributed by atoms with E-state index < -0.39 is 0 Å². The Bertz CT molecular complexity index is 3010. The second kappa shape index (κ2) is 10.4. The van der Waals surface area contributed by atoms with Crippen LogP contribution in [0.1, 0.15) is 0 Å². The summed E-state index contributed by atoms with van der Waals surface area (Å²) in [5, 5.41) is 7.02. The summed E-state index contributed by atoms with van der Waals surface area (Å²) in [7, 11) is 0. The first-order valence-corrected chi connectivity index (χ1v) is 16.9. The van der Waals surface area contributed by atoms with Gasteiger partial charge < -0.3 is 9.32 Å². The average Bonchev–Trinajstić information content (AvgIpc) is 3.56. The van der Waals surface area contributed by atoms with Gasteiger partial charge in [0.2, 0.25) is 0 Å². The van der Waals surface area contributed by atoms with Gasteiger partial charge in [-0.1, -0.05) is 115 Å². The molecule has 0 radical (unpaired) electrons. The number of hydrogen-bond acceptors (Lipinski definition) is 4. The fourth-order valence-corrected chi connectivity index (χ4v) is 7.93. The van der Waals surface area contributed by atoms with Crippen LogP contribution in [0.15, 0.2) is 168 Å². The zero-order valence-corrected chi connectivity index (χ0v) is 26.8. The van der Waals surface area contributed by atoms with Crippen LogP contribution in [-0.4, -0.2) is 9.97 Å². The Hall–Kier alpha value is -6.78. The first-order chi connectivity index (χ1) is 24.8. The molecular weight excluding hydrogens is 611 g/mol. The van der Waals surface area contributed by atoms with Crippen molar-refractivity contribution in [2.75, 3.05) is 4.90 Å². The molecule has 0 aliphatic carbocycles.